The van der Waals surface area contributed by atoms with Gasteiger partial charge in [0.15, 0.2) is 10.9 Å². The molecule has 0 amide bonds. The Morgan fingerprint density at radius 1 is 1.31 bits per heavy atom. The molecule has 0 saturated carbocycles. The molecule has 0 N–H and O–H groups in total. The molecule has 0 fully saturated rings. The van der Waals surface area contributed by atoms with Crippen LogP contribution in [0.1, 0.15) is 34.7 Å². The van der Waals surface area contributed by atoms with E-state index in [2.05, 4.69) is 16.5 Å². The molecule has 2 aromatic heterocycles. The lowest BCUT2D eigenvalue weighted by Crippen LogP contribution is -2.14. The molecule has 6 heteroatoms. The largest absolute Gasteiger partial charge is 0.383 e. The van der Waals surface area contributed by atoms with E-state index in [0.717, 1.165) is 33.1 Å². The van der Waals surface area contributed by atoms with Crippen LogP contribution >= 0.6 is 11.8 Å². The second-order valence-electron chi connectivity index (χ2n) is 6.61. The van der Waals surface area contributed by atoms with Gasteiger partial charge in [0.25, 0.3) is 0 Å². The zero-order chi connectivity index (χ0) is 18.8. The van der Waals surface area contributed by atoms with Crippen molar-refractivity contribution in [3.8, 4) is 0 Å². The van der Waals surface area contributed by atoms with E-state index < -0.39 is 0 Å². The van der Waals surface area contributed by atoms with Crippen molar-refractivity contribution in [2.45, 2.75) is 32.0 Å². The number of hydrogen-bond acceptors (Lipinski definition) is 4. The molecule has 0 aliphatic heterocycles. The number of Topliss-reactive ketones (excluding diaryl/α,β-unsaturated/α-hetero) is 1. The molecule has 5 nitrogen and oxygen atoms in total. The standard InChI is InChI=1S/C20H25N3O2S/c1-13-10-16(15(3)23(13)14(2)11-25-5)19(24)12-26-20-21-17-8-6-7-9-18(17)22(20)4/h6-10,14H,11-12H2,1-5H3. The van der Waals surface area contributed by atoms with Crippen molar-refractivity contribution in [3.05, 3.63) is 47.3 Å². The first-order chi connectivity index (χ1) is 12.4. The number of nitrogens with zero attached hydrogens (tertiary/aromatic N) is 3. The van der Waals surface area contributed by atoms with Gasteiger partial charge in [0.2, 0.25) is 0 Å². The molecule has 1 unspecified atom stereocenters. The first-order valence-corrected chi connectivity index (χ1v) is 9.67. The number of thioether (sulfide) groups is 1. The molecule has 1 aromatic carbocycles. The molecule has 0 saturated heterocycles. The van der Waals surface area contributed by atoms with Crippen LogP contribution in [0.2, 0.25) is 0 Å². The molecule has 1 atom stereocenters. The second-order valence-corrected chi connectivity index (χ2v) is 7.56. The number of aryl methyl sites for hydroxylation is 2. The van der Waals surface area contributed by atoms with Crippen LogP contribution in [0.25, 0.3) is 11.0 Å². The average Bonchev–Trinajstić information content (AvgIpc) is 3.10. The van der Waals surface area contributed by atoms with Gasteiger partial charge in [-0.25, -0.2) is 4.98 Å². The van der Waals surface area contributed by atoms with Crippen LogP contribution in [-0.4, -0.2) is 39.4 Å². The van der Waals surface area contributed by atoms with Crippen molar-refractivity contribution in [1.82, 2.24) is 14.1 Å². The topological polar surface area (TPSA) is 49.1 Å². The van der Waals surface area contributed by atoms with E-state index in [1.54, 1.807) is 7.11 Å². The Labute approximate surface area is 158 Å². The summed E-state index contributed by atoms with van der Waals surface area (Å²) in [5.41, 5.74) is 4.91. The molecule has 2 heterocycles. The Hall–Kier alpha value is -2.05. The number of carbonyl (C=O) groups is 1. The lowest BCUT2D eigenvalue weighted by Gasteiger charge is -2.17. The van der Waals surface area contributed by atoms with Gasteiger partial charge < -0.3 is 13.9 Å². The van der Waals surface area contributed by atoms with Gasteiger partial charge in [0.1, 0.15) is 0 Å². The van der Waals surface area contributed by atoms with Gasteiger partial charge in [-0.2, -0.15) is 0 Å². The Kier molecular flexibility index (Phi) is 5.53. The average molecular weight is 372 g/mol. The van der Waals surface area contributed by atoms with E-state index in [1.807, 2.05) is 55.8 Å². The Balaban J connectivity index is 1.78. The quantitative estimate of drug-likeness (QED) is 0.462. The number of aromatic nitrogens is 3. The van der Waals surface area contributed by atoms with Crippen molar-refractivity contribution in [2.24, 2.45) is 7.05 Å². The minimum Gasteiger partial charge on any atom is -0.383 e. The normalized spacial score (nSPS) is 12.7. The minimum atomic E-state index is 0.131. The van der Waals surface area contributed by atoms with Crippen LogP contribution in [0.15, 0.2) is 35.5 Å². The number of hydrogen-bond donors (Lipinski definition) is 0. The highest BCUT2D eigenvalue weighted by Gasteiger charge is 2.19. The van der Waals surface area contributed by atoms with Gasteiger partial charge in [-0.15, -0.1) is 0 Å². The fourth-order valence-electron chi connectivity index (χ4n) is 3.51. The van der Waals surface area contributed by atoms with Crippen molar-refractivity contribution in [2.75, 3.05) is 19.5 Å². The summed E-state index contributed by atoms with van der Waals surface area (Å²) >= 11 is 1.49. The van der Waals surface area contributed by atoms with E-state index in [1.165, 1.54) is 11.8 Å². The third-order valence-corrected chi connectivity index (χ3v) is 5.74. The molecule has 0 aliphatic rings. The van der Waals surface area contributed by atoms with Crippen LogP contribution < -0.4 is 0 Å². The van der Waals surface area contributed by atoms with E-state index in [0.29, 0.717) is 12.4 Å². The maximum Gasteiger partial charge on any atom is 0.175 e. The summed E-state index contributed by atoms with van der Waals surface area (Å²) in [7, 11) is 3.69. The molecule has 3 aromatic rings. The highest BCUT2D eigenvalue weighted by atomic mass is 32.2. The Bertz CT molecular complexity index is 942. The van der Waals surface area contributed by atoms with E-state index in [4.69, 9.17) is 4.74 Å². The van der Waals surface area contributed by atoms with Gasteiger partial charge in [-0.3, -0.25) is 4.79 Å². The number of benzene rings is 1. The highest BCUT2D eigenvalue weighted by molar-refractivity contribution is 7.99. The number of rotatable bonds is 7. The number of para-hydroxylation sites is 2. The molecule has 26 heavy (non-hydrogen) atoms. The number of ether oxygens (including phenoxy) is 1. The molecule has 0 bridgehead atoms. The lowest BCUT2D eigenvalue weighted by molar-refractivity contribution is 0.102. The number of ketones is 1. The summed E-state index contributed by atoms with van der Waals surface area (Å²) in [6.07, 6.45) is 0. The monoisotopic (exact) mass is 371 g/mol. The van der Waals surface area contributed by atoms with Gasteiger partial charge in [0, 0.05) is 31.1 Å². The summed E-state index contributed by atoms with van der Waals surface area (Å²) in [4.78, 5) is 17.4. The van der Waals surface area contributed by atoms with Gasteiger partial charge in [-0.05, 0) is 39.0 Å². The predicted octanol–water partition coefficient (Wildman–Crippen LogP) is 4.17. The minimum absolute atomic E-state index is 0.131. The van der Waals surface area contributed by atoms with E-state index in [-0.39, 0.29) is 11.8 Å². The van der Waals surface area contributed by atoms with Gasteiger partial charge >= 0.3 is 0 Å². The number of fused-ring (bicyclic) bond motifs is 1. The predicted molar refractivity (Wildman–Crippen MR) is 106 cm³/mol. The summed E-state index contributed by atoms with van der Waals surface area (Å²) in [5.74, 6) is 0.506. The highest BCUT2D eigenvalue weighted by Crippen LogP contribution is 2.26. The van der Waals surface area contributed by atoms with E-state index in [9.17, 15) is 4.79 Å². The molecule has 0 spiro atoms. The molecule has 0 aliphatic carbocycles. The number of imidazole rings is 1. The molecular weight excluding hydrogens is 346 g/mol. The summed E-state index contributed by atoms with van der Waals surface area (Å²) in [5, 5.41) is 0.862. The number of carbonyl (C=O) groups excluding carboxylic acids is 1. The second kappa shape index (κ2) is 7.68. The van der Waals surface area contributed by atoms with Gasteiger partial charge in [-0.1, -0.05) is 23.9 Å². The first kappa shape index (κ1) is 18.7. The third kappa shape index (κ3) is 3.44. The molecular formula is C20H25N3O2S. The van der Waals surface area contributed by atoms with Crippen LogP contribution in [0.4, 0.5) is 0 Å². The fraction of sp³-hybridized carbons (Fsp3) is 0.400. The van der Waals surface area contributed by atoms with Crippen LogP contribution in [0.3, 0.4) is 0 Å². The molecule has 3 rings (SSSR count). The van der Waals surface area contributed by atoms with Crippen molar-refractivity contribution < 1.29 is 9.53 Å². The van der Waals surface area contributed by atoms with Crippen LogP contribution in [-0.2, 0) is 11.8 Å². The summed E-state index contributed by atoms with van der Waals surface area (Å²) < 4.78 is 9.48. The molecule has 0 radical (unpaired) electrons. The van der Waals surface area contributed by atoms with E-state index >= 15 is 0 Å². The lowest BCUT2D eigenvalue weighted by atomic mass is 10.2. The zero-order valence-electron chi connectivity index (χ0n) is 15.9. The SMILES string of the molecule is COCC(C)n1c(C)cc(C(=O)CSc2nc3ccccc3n2C)c1C. The van der Waals surface area contributed by atoms with Crippen molar-refractivity contribution in [1.29, 1.82) is 0 Å². The Morgan fingerprint density at radius 2 is 2.04 bits per heavy atom. The zero-order valence-corrected chi connectivity index (χ0v) is 16.8. The van der Waals surface area contributed by atoms with Gasteiger partial charge in [0.05, 0.1) is 29.4 Å². The number of methoxy groups -OCH3 is 1. The first-order valence-electron chi connectivity index (χ1n) is 8.68. The maximum absolute atomic E-state index is 12.8. The van der Waals surface area contributed by atoms with Crippen molar-refractivity contribution in [3.63, 3.8) is 0 Å². The van der Waals surface area contributed by atoms with Crippen LogP contribution in [0.5, 0.6) is 0 Å². The summed E-state index contributed by atoms with van der Waals surface area (Å²) in [6.45, 7) is 6.77. The molecule has 138 valence electrons. The summed E-state index contributed by atoms with van der Waals surface area (Å²) in [6, 6.07) is 10.2. The maximum atomic E-state index is 12.8. The Morgan fingerprint density at radius 3 is 2.73 bits per heavy atom. The van der Waals surface area contributed by atoms with Crippen molar-refractivity contribution >= 4 is 28.6 Å². The smallest absolute Gasteiger partial charge is 0.175 e. The third-order valence-electron chi connectivity index (χ3n) is 4.71. The van der Waals surface area contributed by atoms with Crippen LogP contribution in [0, 0.1) is 13.8 Å². The fourth-order valence-corrected chi connectivity index (χ4v) is 4.38.